The van der Waals surface area contributed by atoms with Crippen LogP contribution in [-0.2, 0) is 6.54 Å². The summed E-state index contributed by atoms with van der Waals surface area (Å²) < 4.78 is 0. The third-order valence-corrected chi connectivity index (χ3v) is 3.65. The Morgan fingerprint density at radius 1 is 1.15 bits per heavy atom. The van der Waals surface area contributed by atoms with E-state index >= 15 is 0 Å². The van der Waals surface area contributed by atoms with E-state index < -0.39 is 0 Å². The summed E-state index contributed by atoms with van der Waals surface area (Å²) in [7, 11) is 0. The van der Waals surface area contributed by atoms with Crippen LogP contribution >= 0.6 is 0 Å². The Morgan fingerprint density at radius 3 is 2.60 bits per heavy atom. The highest BCUT2D eigenvalue weighted by Gasteiger charge is 2.23. The highest BCUT2D eigenvalue weighted by atomic mass is 16.3. The summed E-state index contributed by atoms with van der Waals surface area (Å²) in [6.07, 6.45) is 0.761. The summed E-state index contributed by atoms with van der Waals surface area (Å²) in [6.45, 7) is 7.50. The molecule has 108 valence electrons. The number of rotatable bonds is 5. The van der Waals surface area contributed by atoms with Crippen LogP contribution in [-0.4, -0.2) is 22.7 Å². The molecule has 1 aromatic heterocycles. The van der Waals surface area contributed by atoms with Crippen LogP contribution in [0.15, 0.2) is 36.4 Å². The number of aliphatic hydroxyl groups excluding tert-OH is 1. The number of fused-ring (bicyclic) bond motifs is 1. The molecular weight excluding hydrogens is 248 g/mol. The first-order valence-electron chi connectivity index (χ1n) is 7.19. The second-order valence-electron chi connectivity index (χ2n) is 6.31. The first kappa shape index (κ1) is 14.9. The Kier molecular flexibility index (Phi) is 4.73. The fourth-order valence-corrected chi connectivity index (χ4v) is 2.40. The minimum atomic E-state index is 0.125. The molecule has 20 heavy (non-hydrogen) atoms. The van der Waals surface area contributed by atoms with Crippen LogP contribution in [0, 0.1) is 5.41 Å². The van der Waals surface area contributed by atoms with Gasteiger partial charge in [0.1, 0.15) is 0 Å². The van der Waals surface area contributed by atoms with E-state index in [1.807, 2.05) is 18.2 Å². The summed E-state index contributed by atoms with van der Waals surface area (Å²) in [5.41, 5.74) is 2.19. The fourth-order valence-electron chi connectivity index (χ4n) is 2.40. The molecule has 1 heterocycles. The van der Waals surface area contributed by atoms with Crippen LogP contribution in [0.4, 0.5) is 0 Å². The number of benzene rings is 1. The van der Waals surface area contributed by atoms with Crippen molar-refractivity contribution in [2.24, 2.45) is 5.41 Å². The van der Waals surface area contributed by atoms with Gasteiger partial charge in [0.2, 0.25) is 0 Å². The van der Waals surface area contributed by atoms with Gasteiger partial charge in [-0.2, -0.15) is 0 Å². The topological polar surface area (TPSA) is 45.1 Å². The number of nitrogens with zero attached hydrogens (tertiary/aromatic N) is 1. The van der Waals surface area contributed by atoms with Crippen molar-refractivity contribution in [3.05, 3.63) is 42.1 Å². The monoisotopic (exact) mass is 272 g/mol. The van der Waals surface area contributed by atoms with Gasteiger partial charge in [0.15, 0.2) is 0 Å². The van der Waals surface area contributed by atoms with E-state index in [1.165, 1.54) is 5.39 Å². The molecule has 2 N–H and O–H groups in total. The predicted octanol–water partition coefficient (Wildman–Crippen LogP) is 3.12. The number of nitrogens with one attached hydrogen (secondary N) is 1. The minimum Gasteiger partial charge on any atom is -0.396 e. The van der Waals surface area contributed by atoms with Gasteiger partial charge in [-0.15, -0.1) is 0 Å². The molecule has 0 saturated heterocycles. The number of para-hydroxylation sites is 1. The van der Waals surface area contributed by atoms with E-state index in [0.717, 1.165) is 24.2 Å². The van der Waals surface area contributed by atoms with Crippen molar-refractivity contribution < 1.29 is 5.11 Å². The molecule has 0 spiro atoms. The fraction of sp³-hybridized carbons (Fsp3) is 0.471. The van der Waals surface area contributed by atoms with E-state index in [9.17, 15) is 5.11 Å². The lowest BCUT2D eigenvalue weighted by atomic mass is 9.85. The van der Waals surface area contributed by atoms with E-state index in [4.69, 9.17) is 0 Å². The van der Waals surface area contributed by atoms with Crippen LogP contribution in [0.5, 0.6) is 0 Å². The first-order valence-corrected chi connectivity index (χ1v) is 7.19. The molecular formula is C17H24N2O. The molecule has 2 aromatic rings. The van der Waals surface area contributed by atoms with Gasteiger partial charge in [0, 0.05) is 24.6 Å². The first-order chi connectivity index (χ1) is 9.50. The molecule has 1 aromatic carbocycles. The van der Waals surface area contributed by atoms with E-state index in [1.54, 1.807) is 0 Å². The number of hydrogen-bond donors (Lipinski definition) is 2. The lowest BCUT2D eigenvalue weighted by molar-refractivity contribution is 0.196. The van der Waals surface area contributed by atoms with Gasteiger partial charge in [-0.05, 0) is 24.0 Å². The maximum absolute atomic E-state index is 9.18. The number of pyridine rings is 1. The summed E-state index contributed by atoms with van der Waals surface area (Å²) in [5, 5.41) is 13.9. The third-order valence-electron chi connectivity index (χ3n) is 3.65. The average molecular weight is 272 g/mol. The van der Waals surface area contributed by atoms with Gasteiger partial charge in [-0.25, -0.2) is 0 Å². The molecule has 3 heteroatoms. The van der Waals surface area contributed by atoms with Gasteiger partial charge in [0.05, 0.1) is 11.2 Å². The molecule has 0 aliphatic carbocycles. The normalized spacial score (nSPS) is 13.6. The highest BCUT2D eigenvalue weighted by molar-refractivity contribution is 5.78. The van der Waals surface area contributed by atoms with Crippen LogP contribution in [0.25, 0.3) is 10.9 Å². The van der Waals surface area contributed by atoms with E-state index in [0.29, 0.717) is 0 Å². The molecule has 0 bridgehead atoms. The molecule has 1 atom stereocenters. The number of aliphatic hydroxyl groups is 1. The lowest BCUT2D eigenvalue weighted by Crippen LogP contribution is -2.40. The summed E-state index contributed by atoms with van der Waals surface area (Å²) in [5.74, 6) is 0. The van der Waals surface area contributed by atoms with E-state index in [-0.39, 0.29) is 18.1 Å². The molecule has 3 nitrogen and oxygen atoms in total. The third kappa shape index (κ3) is 3.78. The molecule has 0 aliphatic rings. The van der Waals surface area contributed by atoms with Crippen molar-refractivity contribution in [1.29, 1.82) is 0 Å². The maximum atomic E-state index is 9.18. The average Bonchev–Trinajstić information content (AvgIpc) is 2.42. The molecule has 0 aliphatic heterocycles. The standard InChI is InChI=1S/C17H24N2O/c1-17(2,3)16(10-11-20)18-12-14-9-8-13-6-4-5-7-15(13)19-14/h4-9,16,18,20H,10-12H2,1-3H3. The van der Waals surface area contributed by atoms with Crippen LogP contribution in [0.2, 0.25) is 0 Å². The predicted molar refractivity (Wildman–Crippen MR) is 83.5 cm³/mol. The van der Waals surface area contributed by atoms with Gasteiger partial charge < -0.3 is 10.4 Å². The SMILES string of the molecule is CC(C)(C)C(CCO)NCc1ccc2ccccc2n1. The zero-order chi connectivity index (χ0) is 14.6. The second kappa shape index (κ2) is 6.33. The second-order valence-corrected chi connectivity index (χ2v) is 6.31. The maximum Gasteiger partial charge on any atom is 0.0705 e. The molecule has 2 rings (SSSR count). The quantitative estimate of drug-likeness (QED) is 0.879. The molecule has 1 unspecified atom stereocenters. The molecule has 0 fully saturated rings. The summed E-state index contributed by atoms with van der Waals surface area (Å²) in [4.78, 5) is 4.66. The summed E-state index contributed by atoms with van der Waals surface area (Å²) in [6, 6.07) is 12.6. The van der Waals surface area contributed by atoms with Crippen molar-refractivity contribution in [2.45, 2.75) is 39.8 Å². The number of aromatic nitrogens is 1. The zero-order valence-electron chi connectivity index (χ0n) is 12.6. The van der Waals surface area contributed by atoms with Crippen molar-refractivity contribution in [3.63, 3.8) is 0 Å². The zero-order valence-corrected chi connectivity index (χ0v) is 12.6. The largest absolute Gasteiger partial charge is 0.396 e. The van der Waals surface area contributed by atoms with Gasteiger partial charge in [-0.3, -0.25) is 4.98 Å². The Bertz CT molecular complexity index is 560. The van der Waals surface area contributed by atoms with Crippen molar-refractivity contribution in [3.8, 4) is 0 Å². The van der Waals surface area contributed by atoms with Gasteiger partial charge >= 0.3 is 0 Å². The van der Waals surface area contributed by atoms with Crippen LogP contribution in [0.3, 0.4) is 0 Å². The van der Waals surface area contributed by atoms with Crippen molar-refractivity contribution >= 4 is 10.9 Å². The molecule has 0 saturated carbocycles. The van der Waals surface area contributed by atoms with Crippen molar-refractivity contribution in [1.82, 2.24) is 10.3 Å². The number of hydrogen-bond acceptors (Lipinski definition) is 3. The van der Waals surface area contributed by atoms with Gasteiger partial charge in [-0.1, -0.05) is 45.0 Å². The van der Waals surface area contributed by atoms with Crippen molar-refractivity contribution in [2.75, 3.05) is 6.61 Å². The summed E-state index contributed by atoms with van der Waals surface area (Å²) >= 11 is 0. The van der Waals surface area contributed by atoms with E-state index in [2.05, 4.69) is 49.3 Å². The Morgan fingerprint density at radius 2 is 1.90 bits per heavy atom. The Balaban J connectivity index is 2.07. The van der Waals surface area contributed by atoms with Crippen LogP contribution in [0.1, 0.15) is 32.9 Å². The highest BCUT2D eigenvalue weighted by Crippen LogP contribution is 2.22. The Labute approximate surface area is 121 Å². The molecule has 0 amide bonds. The molecule has 0 radical (unpaired) electrons. The smallest absolute Gasteiger partial charge is 0.0705 e. The minimum absolute atomic E-state index is 0.125. The Hall–Kier alpha value is -1.45. The van der Waals surface area contributed by atoms with Crippen LogP contribution < -0.4 is 5.32 Å². The lowest BCUT2D eigenvalue weighted by Gasteiger charge is -2.31. The van der Waals surface area contributed by atoms with Gasteiger partial charge in [0.25, 0.3) is 0 Å².